The molecule has 0 radical (unpaired) electrons. The molecule has 3 heterocycles. The van der Waals surface area contributed by atoms with E-state index in [4.69, 9.17) is 0 Å². The van der Waals surface area contributed by atoms with Crippen molar-refractivity contribution in [3.63, 3.8) is 0 Å². The van der Waals surface area contributed by atoms with Crippen molar-refractivity contribution in [2.45, 2.75) is 19.1 Å². The highest BCUT2D eigenvalue weighted by Gasteiger charge is 2.30. The lowest BCUT2D eigenvalue weighted by molar-refractivity contribution is -0.137. The molecular formula is C26H20F3N5. The smallest absolute Gasteiger partial charge is 0.349 e. The number of rotatable bonds is 5. The molecule has 0 amide bonds. The molecule has 0 spiro atoms. The third-order valence-electron chi connectivity index (χ3n) is 5.68. The molecule has 170 valence electrons. The molecule has 1 aliphatic heterocycles. The third kappa shape index (κ3) is 4.66. The van der Waals surface area contributed by atoms with Crippen LogP contribution in [0.1, 0.15) is 16.7 Å². The van der Waals surface area contributed by atoms with E-state index >= 15 is 0 Å². The first-order valence-corrected chi connectivity index (χ1v) is 10.8. The first kappa shape index (κ1) is 21.8. The number of alkyl halides is 3. The number of hydrogen-bond donors (Lipinski definition) is 1. The summed E-state index contributed by atoms with van der Waals surface area (Å²) in [7, 11) is 0. The summed E-state index contributed by atoms with van der Waals surface area (Å²) in [5.74, 6) is 0.379. The first-order chi connectivity index (χ1) is 16.5. The summed E-state index contributed by atoms with van der Waals surface area (Å²) in [6.07, 6.45) is 1.11. The molecule has 1 aliphatic rings. The van der Waals surface area contributed by atoms with E-state index in [1.165, 1.54) is 17.2 Å². The molecule has 5 rings (SSSR count). The normalized spacial score (nSPS) is 13.2. The standard InChI is InChI=1S/C26H20F3N5/c27-26(28,29)21-7-3-6-19(12-21)23-16-33-25(34-24(23)17-8-10-30-11-9-17)32-15-22-13-18-4-1-2-5-20(18)14-31-22/h1-12,16H,13-15H2,(H,32,33,34). The van der Waals surface area contributed by atoms with Crippen molar-refractivity contribution >= 4 is 11.7 Å². The molecule has 4 aromatic rings. The maximum Gasteiger partial charge on any atom is 0.416 e. The number of benzene rings is 2. The average molecular weight is 459 g/mol. The van der Waals surface area contributed by atoms with Crippen LogP contribution in [0, 0.1) is 0 Å². The molecule has 8 heteroatoms. The fourth-order valence-corrected chi connectivity index (χ4v) is 3.93. The number of anilines is 1. The second-order valence-electron chi connectivity index (χ2n) is 7.95. The van der Waals surface area contributed by atoms with E-state index in [2.05, 4.69) is 37.4 Å². The molecule has 2 aromatic carbocycles. The molecule has 0 atom stereocenters. The minimum absolute atomic E-state index is 0.379. The summed E-state index contributed by atoms with van der Waals surface area (Å²) in [5.41, 5.74) is 4.92. The summed E-state index contributed by atoms with van der Waals surface area (Å²) < 4.78 is 39.8. The van der Waals surface area contributed by atoms with Crippen LogP contribution in [0.4, 0.5) is 19.1 Å². The maximum absolute atomic E-state index is 13.3. The van der Waals surface area contributed by atoms with E-state index < -0.39 is 11.7 Å². The van der Waals surface area contributed by atoms with Gasteiger partial charge in [-0.05, 0) is 41.0 Å². The molecule has 2 aromatic heterocycles. The Hall–Kier alpha value is -4.07. The highest BCUT2D eigenvalue weighted by Crippen LogP contribution is 2.35. The van der Waals surface area contributed by atoms with E-state index in [1.807, 2.05) is 12.1 Å². The van der Waals surface area contributed by atoms with Crippen LogP contribution in [-0.2, 0) is 19.1 Å². The predicted octanol–water partition coefficient (Wildman–Crippen LogP) is 5.83. The zero-order valence-electron chi connectivity index (χ0n) is 18.0. The van der Waals surface area contributed by atoms with Crippen molar-refractivity contribution in [3.05, 3.63) is 95.9 Å². The SMILES string of the molecule is FC(F)(F)c1cccc(-c2cnc(NCC3=NCc4ccccc4C3)nc2-c2ccncc2)c1. The fraction of sp³-hybridized carbons (Fsp3) is 0.154. The minimum Gasteiger partial charge on any atom is -0.349 e. The van der Waals surface area contributed by atoms with Crippen LogP contribution in [0.25, 0.3) is 22.4 Å². The predicted molar refractivity (Wildman–Crippen MR) is 125 cm³/mol. The van der Waals surface area contributed by atoms with Crippen molar-refractivity contribution in [3.8, 4) is 22.4 Å². The van der Waals surface area contributed by atoms with Gasteiger partial charge in [0.15, 0.2) is 0 Å². The van der Waals surface area contributed by atoms with Crippen molar-refractivity contribution in [1.82, 2.24) is 15.0 Å². The topological polar surface area (TPSA) is 63.1 Å². The highest BCUT2D eigenvalue weighted by molar-refractivity contribution is 5.91. The van der Waals surface area contributed by atoms with Gasteiger partial charge in [0.05, 0.1) is 24.3 Å². The molecular weight excluding hydrogens is 439 g/mol. The van der Waals surface area contributed by atoms with Gasteiger partial charge in [-0.25, -0.2) is 9.97 Å². The number of nitrogens with one attached hydrogen (secondary N) is 1. The summed E-state index contributed by atoms with van der Waals surface area (Å²) in [4.78, 5) is 17.7. The van der Waals surface area contributed by atoms with Crippen LogP contribution in [-0.4, -0.2) is 27.2 Å². The van der Waals surface area contributed by atoms with Crippen molar-refractivity contribution in [2.75, 3.05) is 11.9 Å². The highest BCUT2D eigenvalue weighted by atomic mass is 19.4. The monoisotopic (exact) mass is 459 g/mol. The van der Waals surface area contributed by atoms with Crippen LogP contribution in [0.15, 0.2) is 84.2 Å². The van der Waals surface area contributed by atoms with Crippen LogP contribution in [0.2, 0.25) is 0 Å². The first-order valence-electron chi connectivity index (χ1n) is 10.8. The second kappa shape index (κ2) is 9.05. The minimum atomic E-state index is -4.44. The van der Waals surface area contributed by atoms with Gasteiger partial charge < -0.3 is 5.32 Å². The number of halogens is 3. The molecule has 0 bridgehead atoms. The van der Waals surface area contributed by atoms with Gasteiger partial charge in [0.1, 0.15) is 0 Å². The molecule has 0 fully saturated rings. The van der Waals surface area contributed by atoms with Crippen LogP contribution >= 0.6 is 0 Å². The Balaban J connectivity index is 1.44. The van der Waals surface area contributed by atoms with Gasteiger partial charge in [-0.2, -0.15) is 13.2 Å². The van der Waals surface area contributed by atoms with Crippen molar-refractivity contribution in [2.24, 2.45) is 4.99 Å². The van der Waals surface area contributed by atoms with Gasteiger partial charge in [-0.3, -0.25) is 9.98 Å². The molecule has 1 N–H and O–H groups in total. The fourth-order valence-electron chi connectivity index (χ4n) is 3.93. The molecule has 0 aliphatic carbocycles. The van der Waals surface area contributed by atoms with Gasteiger partial charge in [-0.1, -0.05) is 36.4 Å². The average Bonchev–Trinajstić information content (AvgIpc) is 2.87. The number of nitrogens with zero attached hydrogens (tertiary/aromatic N) is 4. The number of fused-ring (bicyclic) bond motifs is 1. The number of pyridine rings is 1. The Kier molecular flexibility index (Phi) is 5.79. The Labute approximate surface area is 194 Å². The van der Waals surface area contributed by atoms with Crippen molar-refractivity contribution < 1.29 is 13.2 Å². The molecule has 0 saturated heterocycles. The van der Waals surface area contributed by atoms with E-state index in [-0.39, 0.29) is 0 Å². The Morgan fingerprint density at radius 3 is 2.47 bits per heavy atom. The Morgan fingerprint density at radius 1 is 0.882 bits per heavy atom. The zero-order chi connectivity index (χ0) is 23.5. The van der Waals surface area contributed by atoms with Crippen molar-refractivity contribution in [1.29, 1.82) is 0 Å². The summed E-state index contributed by atoms with van der Waals surface area (Å²) in [5, 5.41) is 3.22. The van der Waals surface area contributed by atoms with Gasteiger partial charge in [-0.15, -0.1) is 0 Å². The number of aliphatic imine (C=N–C) groups is 1. The van der Waals surface area contributed by atoms with E-state index in [0.29, 0.717) is 35.9 Å². The van der Waals surface area contributed by atoms with Gasteiger partial charge in [0, 0.05) is 41.8 Å². The largest absolute Gasteiger partial charge is 0.416 e. The van der Waals surface area contributed by atoms with Crippen LogP contribution in [0.3, 0.4) is 0 Å². The summed E-state index contributed by atoms with van der Waals surface area (Å²) in [6, 6.07) is 16.9. The summed E-state index contributed by atoms with van der Waals surface area (Å²) >= 11 is 0. The van der Waals surface area contributed by atoms with Gasteiger partial charge in [0.25, 0.3) is 0 Å². The van der Waals surface area contributed by atoms with Crippen LogP contribution in [0.5, 0.6) is 0 Å². The Morgan fingerprint density at radius 2 is 1.68 bits per heavy atom. The lowest BCUT2D eigenvalue weighted by atomic mass is 9.99. The maximum atomic E-state index is 13.3. The second-order valence-corrected chi connectivity index (χ2v) is 7.95. The third-order valence-corrected chi connectivity index (χ3v) is 5.68. The zero-order valence-corrected chi connectivity index (χ0v) is 18.0. The number of hydrogen-bond acceptors (Lipinski definition) is 5. The van der Waals surface area contributed by atoms with E-state index in [9.17, 15) is 13.2 Å². The number of aromatic nitrogens is 3. The van der Waals surface area contributed by atoms with Crippen LogP contribution < -0.4 is 5.32 Å². The van der Waals surface area contributed by atoms with Gasteiger partial charge >= 0.3 is 6.18 Å². The lowest BCUT2D eigenvalue weighted by Gasteiger charge is -2.17. The molecule has 34 heavy (non-hydrogen) atoms. The van der Waals surface area contributed by atoms with Gasteiger partial charge in [0.2, 0.25) is 5.95 Å². The molecule has 0 unspecified atom stereocenters. The molecule has 0 saturated carbocycles. The summed E-state index contributed by atoms with van der Waals surface area (Å²) in [6.45, 7) is 1.12. The quantitative estimate of drug-likeness (QED) is 0.408. The van der Waals surface area contributed by atoms with E-state index in [0.717, 1.165) is 29.8 Å². The Bertz CT molecular complexity index is 1350. The van der Waals surface area contributed by atoms with E-state index in [1.54, 1.807) is 36.8 Å². The molecule has 5 nitrogen and oxygen atoms in total. The lowest BCUT2D eigenvalue weighted by Crippen LogP contribution is -2.21.